The summed E-state index contributed by atoms with van der Waals surface area (Å²) in [7, 11) is 0. The molecule has 4 aliphatic carbocycles. The van der Waals surface area contributed by atoms with Crippen LogP contribution in [-0.4, -0.2) is 28.7 Å². The molecule has 6 heteroatoms. The first-order valence-electron chi connectivity index (χ1n) is 9.51. The van der Waals surface area contributed by atoms with E-state index in [2.05, 4.69) is 17.5 Å². The van der Waals surface area contributed by atoms with Gasteiger partial charge in [0, 0.05) is 10.7 Å². The number of imide groups is 1. The van der Waals surface area contributed by atoms with E-state index < -0.39 is 6.04 Å². The zero-order valence-corrected chi connectivity index (χ0v) is 15.9. The Hall–Kier alpha value is -2.14. The van der Waals surface area contributed by atoms with Gasteiger partial charge in [0.1, 0.15) is 6.04 Å². The molecule has 140 valence electrons. The predicted molar refractivity (Wildman–Crippen MR) is 101 cm³/mol. The van der Waals surface area contributed by atoms with Gasteiger partial charge in [0.2, 0.25) is 17.7 Å². The lowest BCUT2D eigenvalue weighted by Crippen LogP contribution is -2.46. The highest BCUT2D eigenvalue weighted by atomic mass is 35.5. The number of benzene rings is 1. The number of allylic oxidation sites excluding steroid dienone is 2. The average Bonchev–Trinajstić information content (AvgIpc) is 3.42. The first kappa shape index (κ1) is 17.0. The molecule has 1 aromatic rings. The number of hydrogen-bond acceptors (Lipinski definition) is 3. The lowest BCUT2D eigenvalue weighted by Gasteiger charge is -2.37. The van der Waals surface area contributed by atoms with E-state index in [1.54, 1.807) is 25.1 Å². The minimum Gasteiger partial charge on any atom is -0.324 e. The molecule has 1 aromatic carbocycles. The second-order valence-electron chi connectivity index (χ2n) is 8.28. The maximum Gasteiger partial charge on any atom is 0.247 e. The van der Waals surface area contributed by atoms with E-state index in [0.717, 1.165) is 12.0 Å². The highest BCUT2D eigenvalue weighted by molar-refractivity contribution is 6.31. The summed E-state index contributed by atoms with van der Waals surface area (Å²) in [6.07, 6.45) is 5.39. The van der Waals surface area contributed by atoms with Crippen LogP contribution in [0.4, 0.5) is 5.69 Å². The SMILES string of the molecule is Cc1c(Cl)cccc1NC(=O)[C@@H](C)N1C(=O)[C@@H]2[C@@H]3C=C[C@H]([C@H]4C[C@H]34)[C@@H]2C1=O. The van der Waals surface area contributed by atoms with Crippen LogP contribution in [0.1, 0.15) is 18.9 Å². The lowest BCUT2D eigenvalue weighted by molar-refractivity contribution is -0.146. The summed E-state index contributed by atoms with van der Waals surface area (Å²) in [4.78, 5) is 40.2. The van der Waals surface area contributed by atoms with Gasteiger partial charge in [-0.25, -0.2) is 0 Å². The monoisotopic (exact) mass is 384 g/mol. The number of hydrogen-bond donors (Lipinski definition) is 1. The van der Waals surface area contributed by atoms with Crippen molar-refractivity contribution in [3.63, 3.8) is 0 Å². The Labute approximate surface area is 162 Å². The fourth-order valence-electron chi connectivity index (χ4n) is 5.46. The molecule has 2 bridgehead atoms. The third kappa shape index (κ3) is 2.27. The van der Waals surface area contributed by atoms with Gasteiger partial charge in [-0.05, 0) is 61.6 Å². The minimum atomic E-state index is -0.843. The number of rotatable bonds is 3. The fourth-order valence-corrected chi connectivity index (χ4v) is 5.63. The van der Waals surface area contributed by atoms with Crippen molar-refractivity contribution in [2.24, 2.45) is 35.5 Å². The maximum absolute atomic E-state index is 13.1. The first-order valence-corrected chi connectivity index (χ1v) is 9.89. The number of amides is 3. The Morgan fingerprint density at radius 2 is 1.74 bits per heavy atom. The van der Waals surface area contributed by atoms with Crippen molar-refractivity contribution >= 4 is 35.0 Å². The van der Waals surface area contributed by atoms with E-state index in [4.69, 9.17) is 11.6 Å². The molecule has 5 aliphatic rings. The fraction of sp³-hybridized carbons (Fsp3) is 0.476. The molecule has 1 saturated heterocycles. The third-order valence-corrected chi connectivity index (χ3v) is 7.40. The van der Waals surface area contributed by atoms with Crippen LogP contribution in [-0.2, 0) is 14.4 Å². The number of nitrogens with zero attached hydrogens (tertiary/aromatic N) is 1. The van der Waals surface area contributed by atoms with Crippen LogP contribution in [0.25, 0.3) is 0 Å². The van der Waals surface area contributed by atoms with E-state index >= 15 is 0 Å². The molecule has 1 heterocycles. The second-order valence-corrected chi connectivity index (χ2v) is 8.69. The van der Waals surface area contributed by atoms with Crippen LogP contribution in [0.15, 0.2) is 30.4 Å². The van der Waals surface area contributed by atoms with Gasteiger partial charge in [-0.3, -0.25) is 19.3 Å². The van der Waals surface area contributed by atoms with E-state index in [0.29, 0.717) is 22.5 Å². The summed E-state index contributed by atoms with van der Waals surface area (Å²) in [6, 6.07) is 4.43. The van der Waals surface area contributed by atoms with Gasteiger partial charge in [-0.15, -0.1) is 0 Å². The van der Waals surface area contributed by atoms with Crippen molar-refractivity contribution in [1.29, 1.82) is 0 Å². The van der Waals surface area contributed by atoms with Gasteiger partial charge >= 0.3 is 0 Å². The molecule has 3 fully saturated rings. The largest absolute Gasteiger partial charge is 0.324 e. The van der Waals surface area contributed by atoms with Gasteiger partial charge < -0.3 is 5.32 Å². The van der Waals surface area contributed by atoms with Crippen LogP contribution < -0.4 is 5.32 Å². The molecular weight excluding hydrogens is 364 g/mol. The Bertz CT molecular complexity index is 875. The maximum atomic E-state index is 13.1. The number of carbonyl (C=O) groups excluding carboxylic acids is 3. The van der Waals surface area contributed by atoms with Crippen LogP contribution in [0, 0.1) is 42.4 Å². The van der Waals surface area contributed by atoms with Crippen LogP contribution in [0.5, 0.6) is 0 Å². The predicted octanol–water partition coefficient (Wildman–Crippen LogP) is 3.03. The van der Waals surface area contributed by atoms with Gasteiger partial charge in [0.25, 0.3) is 0 Å². The van der Waals surface area contributed by atoms with Crippen molar-refractivity contribution in [3.8, 4) is 0 Å². The zero-order chi connectivity index (χ0) is 19.0. The molecule has 0 radical (unpaired) electrons. The summed E-state index contributed by atoms with van der Waals surface area (Å²) in [5.41, 5.74) is 1.36. The van der Waals surface area contributed by atoms with Gasteiger partial charge in [-0.2, -0.15) is 0 Å². The Morgan fingerprint density at radius 3 is 2.33 bits per heavy atom. The average molecular weight is 385 g/mol. The van der Waals surface area contributed by atoms with Gasteiger partial charge in [0.05, 0.1) is 11.8 Å². The summed E-state index contributed by atoms with van der Waals surface area (Å²) in [6.45, 7) is 3.44. The van der Waals surface area contributed by atoms with Crippen LogP contribution in [0.3, 0.4) is 0 Å². The second kappa shape index (κ2) is 5.68. The Balaban J connectivity index is 1.39. The number of carbonyl (C=O) groups is 3. The van der Waals surface area contributed by atoms with Gasteiger partial charge in [0.15, 0.2) is 0 Å². The Kier molecular flexibility index (Phi) is 3.57. The van der Waals surface area contributed by atoms with E-state index in [1.165, 1.54) is 4.90 Å². The van der Waals surface area contributed by atoms with E-state index in [9.17, 15) is 14.4 Å². The molecule has 0 spiro atoms. The van der Waals surface area contributed by atoms with Gasteiger partial charge in [-0.1, -0.05) is 29.8 Å². The van der Waals surface area contributed by atoms with Crippen molar-refractivity contribution in [3.05, 3.63) is 40.9 Å². The van der Waals surface area contributed by atoms with Crippen molar-refractivity contribution < 1.29 is 14.4 Å². The number of nitrogens with one attached hydrogen (secondary N) is 1. The van der Waals surface area contributed by atoms with E-state index in [-0.39, 0.29) is 41.4 Å². The standard InChI is InChI=1S/C21H21ClN2O3/c1-9-15(22)4-3-5-16(9)23-19(25)10(2)24-20(26)17-11-6-7-12(14-8-13(11)14)18(17)21(24)27/h3-7,10-14,17-18H,8H2,1-2H3,(H,23,25)/t10-,11-,12-,13-,14-,17-,18+/m1/s1. The first-order chi connectivity index (χ1) is 12.9. The molecule has 27 heavy (non-hydrogen) atoms. The summed E-state index contributed by atoms with van der Waals surface area (Å²) in [5, 5.41) is 3.38. The Morgan fingerprint density at radius 1 is 1.15 bits per heavy atom. The number of anilines is 1. The molecule has 1 aliphatic heterocycles. The number of likely N-dealkylation sites (tertiary alicyclic amines) is 1. The molecule has 0 aromatic heterocycles. The normalized spacial score (nSPS) is 36.5. The summed E-state index contributed by atoms with van der Waals surface area (Å²) >= 11 is 6.11. The minimum absolute atomic E-state index is 0.164. The molecule has 6 rings (SSSR count). The molecule has 0 unspecified atom stereocenters. The molecule has 7 atom stereocenters. The van der Waals surface area contributed by atoms with Crippen molar-refractivity contribution in [2.75, 3.05) is 5.32 Å². The van der Waals surface area contributed by atoms with Crippen LogP contribution >= 0.6 is 11.6 Å². The molecule has 1 N–H and O–H groups in total. The smallest absolute Gasteiger partial charge is 0.247 e. The highest BCUT2D eigenvalue weighted by Crippen LogP contribution is 2.65. The topological polar surface area (TPSA) is 66.5 Å². The van der Waals surface area contributed by atoms with Crippen molar-refractivity contribution in [1.82, 2.24) is 4.90 Å². The zero-order valence-electron chi connectivity index (χ0n) is 15.2. The molecule has 2 saturated carbocycles. The highest BCUT2D eigenvalue weighted by Gasteiger charge is 2.67. The third-order valence-electron chi connectivity index (χ3n) is 6.99. The van der Waals surface area contributed by atoms with Crippen molar-refractivity contribution in [2.45, 2.75) is 26.3 Å². The summed E-state index contributed by atoms with van der Waals surface area (Å²) in [5.74, 6) is 0.145. The van der Waals surface area contributed by atoms with Crippen LogP contribution in [0.2, 0.25) is 5.02 Å². The number of halogens is 1. The quantitative estimate of drug-likeness (QED) is 0.643. The lowest BCUT2D eigenvalue weighted by atomic mass is 9.63. The molecule has 5 nitrogen and oxygen atoms in total. The van der Waals surface area contributed by atoms with E-state index in [1.807, 2.05) is 6.92 Å². The molecule has 3 amide bonds. The summed E-state index contributed by atoms with van der Waals surface area (Å²) < 4.78 is 0. The molecular formula is C21H21ClN2O3.